The SMILES string of the molecule is CC(=O)c1c(C)[nH]c(C(=O)CN2C(=O)NC(C)(c3ccc4c(c3)CCC4)C2=O)c1C. The number of rotatable bonds is 5. The fraction of sp³-hybridized carbons (Fsp3) is 0.391. The molecule has 30 heavy (non-hydrogen) atoms. The van der Waals surface area contributed by atoms with Crippen LogP contribution in [-0.4, -0.2) is 39.9 Å². The highest BCUT2D eigenvalue weighted by Crippen LogP contribution is 2.33. The van der Waals surface area contributed by atoms with Crippen LogP contribution in [0.3, 0.4) is 0 Å². The molecule has 3 amide bonds. The average molecular weight is 407 g/mol. The van der Waals surface area contributed by atoms with Crippen molar-refractivity contribution in [2.75, 3.05) is 6.54 Å². The van der Waals surface area contributed by atoms with Crippen molar-refractivity contribution >= 4 is 23.5 Å². The summed E-state index contributed by atoms with van der Waals surface area (Å²) in [6.07, 6.45) is 3.09. The number of urea groups is 1. The second-order valence-corrected chi connectivity index (χ2v) is 8.39. The lowest BCUT2D eigenvalue weighted by Crippen LogP contribution is -2.41. The quantitative estimate of drug-likeness (QED) is 0.588. The zero-order valence-corrected chi connectivity index (χ0v) is 17.6. The molecule has 1 aliphatic carbocycles. The molecule has 2 heterocycles. The summed E-state index contributed by atoms with van der Waals surface area (Å²) < 4.78 is 0. The Bertz CT molecular complexity index is 1110. The first-order valence-corrected chi connectivity index (χ1v) is 10.1. The number of hydrogen-bond donors (Lipinski definition) is 2. The van der Waals surface area contributed by atoms with Gasteiger partial charge in [-0.05, 0) is 69.2 Å². The monoisotopic (exact) mass is 407 g/mol. The van der Waals surface area contributed by atoms with Gasteiger partial charge in [0, 0.05) is 11.3 Å². The molecular weight excluding hydrogens is 382 g/mol. The largest absolute Gasteiger partial charge is 0.355 e. The number of Topliss-reactive ketones (excluding diaryl/α,β-unsaturated/α-hetero) is 2. The van der Waals surface area contributed by atoms with E-state index in [0.717, 1.165) is 29.7 Å². The van der Waals surface area contributed by atoms with E-state index in [1.165, 1.54) is 18.1 Å². The Kier molecular flexibility index (Phi) is 4.64. The molecule has 2 aliphatic rings. The van der Waals surface area contributed by atoms with Gasteiger partial charge >= 0.3 is 6.03 Å². The summed E-state index contributed by atoms with van der Waals surface area (Å²) in [5.74, 6) is -1.00. The summed E-state index contributed by atoms with van der Waals surface area (Å²) in [6, 6.07) is 5.29. The topological polar surface area (TPSA) is 99.3 Å². The van der Waals surface area contributed by atoms with Crippen LogP contribution in [0.25, 0.3) is 0 Å². The summed E-state index contributed by atoms with van der Waals surface area (Å²) in [6.45, 7) is 6.14. The van der Waals surface area contributed by atoms with E-state index in [1.807, 2.05) is 18.2 Å². The Morgan fingerprint density at radius 3 is 2.50 bits per heavy atom. The van der Waals surface area contributed by atoms with Crippen LogP contribution < -0.4 is 5.32 Å². The summed E-state index contributed by atoms with van der Waals surface area (Å²) in [4.78, 5) is 54.4. The maximum Gasteiger partial charge on any atom is 0.325 e. The lowest BCUT2D eigenvalue weighted by Gasteiger charge is -2.23. The molecule has 1 atom stereocenters. The lowest BCUT2D eigenvalue weighted by atomic mass is 9.89. The van der Waals surface area contributed by atoms with Crippen molar-refractivity contribution in [1.29, 1.82) is 0 Å². The van der Waals surface area contributed by atoms with Crippen LogP contribution in [0.4, 0.5) is 4.79 Å². The number of aromatic amines is 1. The average Bonchev–Trinajstić information content (AvgIpc) is 3.33. The minimum Gasteiger partial charge on any atom is -0.355 e. The molecule has 1 fully saturated rings. The molecule has 1 aliphatic heterocycles. The molecule has 0 saturated carbocycles. The molecule has 2 N–H and O–H groups in total. The predicted octanol–water partition coefficient (Wildman–Crippen LogP) is 2.97. The number of fused-ring (bicyclic) bond motifs is 1. The van der Waals surface area contributed by atoms with E-state index < -0.39 is 23.3 Å². The number of amides is 3. The van der Waals surface area contributed by atoms with Crippen LogP contribution >= 0.6 is 0 Å². The third-order valence-electron chi connectivity index (χ3n) is 6.32. The maximum absolute atomic E-state index is 13.2. The number of carbonyl (C=O) groups excluding carboxylic acids is 4. The van der Waals surface area contributed by atoms with Crippen molar-refractivity contribution in [2.24, 2.45) is 0 Å². The van der Waals surface area contributed by atoms with Gasteiger partial charge in [-0.25, -0.2) is 4.79 Å². The Morgan fingerprint density at radius 1 is 1.13 bits per heavy atom. The zero-order chi connectivity index (χ0) is 21.8. The van der Waals surface area contributed by atoms with Gasteiger partial charge in [-0.1, -0.05) is 18.2 Å². The minimum absolute atomic E-state index is 0.139. The number of benzene rings is 1. The van der Waals surface area contributed by atoms with Crippen molar-refractivity contribution in [2.45, 2.75) is 52.5 Å². The van der Waals surface area contributed by atoms with Gasteiger partial charge in [-0.2, -0.15) is 0 Å². The van der Waals surface area contributed by atoms with Crippen molar-refractivity contribution in [3.63, 3.8) is 0 Å². The van der Waals surface area contributed by atoms with Gasteiger partial charge in [0.2, 0.25) is 0 Å². The zero-order valence-electron chi connectivity index (χ0n) is 17.6. The van der Waals surface area contributed by atoms with Gasteiger partial charge in [0.1, 0.15) is 5.54 Å². The third-order valence-corrected chi connectivity index (χ3v) is 6.32. The minimum atomic E-state index is -1.21. The van der Waals surface area contributed by atoms with Crippen LogP contribution in [0.15, 0.2) is 18.2 Å². The van der Waals surface area contributed by atoms with Crippen molar-refractivity contribution in [1.82, 2.24) is 15.2 Å². The van der Waals surface area contributed by atoms with Gasteiger partial charge < -0.3 is 10.3 Å². The van der Waals surface area contributed by atoms with Gasteiger partial charge in [0.15, 0.2) is 11.6 Å². The predicted molar refractivity (Wildman–Crippen MR) is 111 cm³/mol. The van der Waals surface area contributed by atoms with E-state index in [-0.39, 0.29) is 18.0 Å². The number of aryl methyl sites for hydroxylation is 3. The highest BCUT2D eigenvalue weighted by molar-refractivity contribution is 6.12. The number of nitrogens with one attached hydrogen (secondary N) is 2. The van der Waals surface area contributed by atoms with Crippen LogP contribution in [0.1, 0.15) is 69.1 Å². The van der Waals surface area contributed by atoms with Crippen LogP contribution in [0, 0.1) is 13.8 Å². The Hall–Kier alpha value is -3.22. The summed E-state index contributed by atoms with van der Waals surface area (Å²) >= 11 is 0. The molecule has 1 unspecified atom stereocenters. The number of aromatic nitrogens is 1. The Labute approximate surface area is 174 Å². The van der Waals surface area contributed by atoms with E-state index in [4.69, 9.17) is 0 Å². The third kappa shape index (κ3) is 2.96. The van der Waals surface area contributed by atoms with Gasteiger partial charge in [-0.3, -0.25) is 19.3 Å². The molecule has 7 heteroatoms. The second kappa shape index (κ2) is 6.93. The first-order chi connectivity index (χ1) is 14.1. The summed E-state index contributed by atoms with van der Waals surface area (Å²) in [7, 11) is 0. The van der Waals surface area contributed by atoms with Gasteiger partial charge in [0.25, 0.3) is 5.91 Å². The van der Waals surface area contributed by atoms with Crippen LogP contribution in [0.5, 0.6) is 0 Å². The number of carbonyl (C=O) groups is 4. The van der Waals surface area contributed by atoms with Gasteiger partial charge in [-0.15, -0.1) is 0 Å². The van der Waals surface area contributed by atoms with E-state index in [2.05, 4.69) is 10.3 Å². The first kappa shape index (κ1) is 20.1. The van der Waals surface area contributed by atoms with E-state index in [9.17, 15) is 19.2 Å². The summed E-state index contributed by atoms with van der Waals surface area (Å²) in [5.41, 5.74) is 3.87. The molecular formula is C23H25N3O4. The van der Waals surface area contributed by atoms with E-state index in [0.29, 0.717) is 16.8 Å². The van der Waals surface area contributed by atoms with Crippen LogP contribution in [-0.2, 0) is 23.2 Å². The standard InChI is InChI=1S/C23H25N3O4/c1-12-19(14(3)27)13(2)24-20(12)18(28)11-26-21(29)23(4,25-22(26)30)17-9-8-15-6-5-7-16(15)10-17/h8-10,24H,5-7,11H2,1-4H3,(H,25,30). The van der Waals surface area contributed by atoms with Crippen molar-refractivity contribution in [3.05, 3.63) is 57.4 Å². The number of nitrogens with zero attached hydrogens (tertiary/aromatic N) is 1. The smallest absolute Gasteiger partial charge is 0.325 e. The molecule has 1 saturated heterocycles. The maximum atomic E-state index is 13.2. The van der Waals surface area contributed by atoms with Gasteiger partial charge in [0.05, 0.1) is 12.2 Å². The molecule has 0 spiro atoms. The normalized spacial score (nSPS) is 20.5. The molecule has 2 aromatic rings. The highest BCUT2D eigenvalue weighted by Gasteiger charge is 2.49. The van der Waals surface area contributed by atoms with Crippen molar-refractivity contribution < 1.29 is 19.2 Å². The molecule has 1 aromatic carbocycles. The van der Waals surface area contributed by atoms with Crippen LogP contribution in [0.2, 0.25) is 0 Å². The first-order valence-electron chi connectivity index (χ1n) is 10.1. The Balaban J connectivity index is 1.60. The molecule has 4 rings (SSSR count). The molecule has 156 valence electrons. The van der Waals surface area contributed by atoms with Crippen molar-refractivity contribution in [3.8, 4) is 0 Å². The Morgan fingerprint density at radius 2 is 1.83 bits per heavy atom. The molecule has 0 radical (unpaired) electrons. The second-order valence-electron chi connectivity index (χ2n) is 8.39. The molecule has 7 nitrogen and oxygen atoms in total. The number of hydrogen-bond acceptors (Lipinski definition) is 4. The van der Waals surface area contributed by atoms with E-state index in [1.54, 1.807) is 20.8 Å². The fourth-order valence-electron chi connectivity index (χ4n) is 4.70. The highest BCUT2D eigenvalue weighted by atomic mass is 16.2. The number of H-pyrrole nitrogens is 1. The lowest BCUT2D eigenvalue weighted by molar-refractivity contribution is -0.130. The number of ketones is 2. The fourth-order valence-corrected chi connectivity index (χ4v) is 4.70. The van der Waals surface area contributed by atoms with E-state index >= 15 is 0 Å². The summed E-state index contributed by atoms with van der Waals surface area (Å²) in [5, 5.41) is 2.76. The number of imide groups is 1. The molecule has 0 bridgehead atoms. The molecule has 1 aromatic heterocycles.